The predicted octanol–water partition coefficient (Wildman–Crippen LogP) is 0.866. The number of nitrogens with one attached hydrogen (secondary N) is 1. The largest absolute Gasteiger partial charge is 0.351 e. The average Bonchev–Trinajstić information content (AvgIpc) is 3.18. The standard InChI is InChI=1S/C13H17FN2O3S/c1-20(18,19)16(12-6-7-12)9-13(17)15-8-10-2-4-11(14)5-3-10/h2-5,12H,6-9H2,1H3,(H,15,17). The minimum Gasteiger partial charge on any atom is -0.351 e. The second-order valence-electron chi connectivity index (χ2n) is 4.94. The van der Waals surface area contributed by atoms with Crippen molar-refractivity contribution in [2.24, 2.45) is 0 Å². The lowest BCUT2D eigenvalue weighted by molar-refractivity contribution is -0.121. The fourth-order valence-corrected chi connectivity index (χ4v) is 2.98. The van der Waals surface area contributed by atoms with Gasteiger partial charge in [0.2, 0.25) is 15.9 Å². The Morgan fingerprint density at radius 2 is 1.95 bits per heavy atom. The Hall–Kier alpha value is -1.47. The number of carbonyl (C=O) groups is 1. The van der Waals surface area contributed by atoms with Crippen LogP contribution in [0.1, 0.15) is 18.4 Å². The molecule has 0 aromatic heterocycles. The van der Waals surface area contributed by atoms with Crippen LogP contribution in [-0.4, -0.2) is 37.5 Å². The van der Waals surface area contributed by atoms with Gasteiger partial charge in [-0.2, -0.15) is 4.31 Å². The zero-order valence-electron chi connectivity index (χ0n) is 11.2. The molecule has 7 heteroatoms. The zero-order valence-corrected chi connectivity index (χ0v) is 12.0. The molecule has 1 fully saturated rings. The predicted molar refractivity (Wildman–Crippen MR) is 72.8 cm³/mol. The van der Waals surface area contributed by atoms with E-state index >= 15 is 0 Å². The van der Waals surface area contributed by atoms with Crippen molar-refractivity contribution < 1.29 is 17.6 Å². The highest BCUT2D eigenvalue weighted by atomic mass is 32.2. The third-order valence-electron chi connectivity index (χ3n) is 3.08. The van der Waals surface area contributed by atoms with Crippen LogP contribution in [0.3, 0.4) is 0 Å². The molecule has 1 N–H and O–H groups in total. The molecular weight excluding hydrogens is 283 g/mol. The molecule has 0 unspecified atom stereocenters. The van der Waals surface area contributed by atoms with Gasteiger partial charge in [-0.05, 0) is 30.5 Å². The van der Waals surface area contributed by atoms with Gasteiger partial charge in [-0.25, -0.2) is 12.8 Å². The molecule has 20 heavy (non-hydrogen) atoms. The molecule has 5 nitrogen and oxygen atoms in total. The van der Waals surface area contributed by atoms with Crippen molar-refractivity contribution in [1.29, 1.82) is 0 Å². The Morgan fingerprint density at radius 1 is 1.35 bits per heavy atom. The molecule has 1 saturated carbocycles. The quantitative estimate of drug-likeness (QED) is 0.847. The van der Waals surface area contributed by atoms with E-state index in [-0.39, 0.29) is 30.9 Å². The van der Waals surface area contributed by atoms with Crippen molar-refractivity contribution in [3.63, 3.8) is 0 Å². The number of carbonyl (C=O) groups excluding carboxylic acids is 1. The number of hydrogen-bond acceptors (Lipinski definition) is 3. The topological polar surface area (TPSA) is 66.5 Å². The van der Waals surface area contributed by atoms with E-state index in [0.29, 0.717) is 0 Å². The second-order valence-corrected chi connectivity index (χ2v) is 6.88. The number of sulfonamides is 1. The highest BCUT2D eigenvalue weighted by Crippen LogP contribution is 2.28. The van der Waals surface area contributed by atoms with E-state index in [0.717, 1.165) is 24.7 Å². The minimum absolute atomic E-state index is 0.0402. The first-order chi connectivity index (χ1) is 9.36. The maximum Gasteiger partial charge on any atom is 0.235 e. The lowest BCUT2D eigenvalue weighted by Crippen LogP contribution is -2.41. The van der Waals surface area contributed by atoms with Crippen LogP contribution in [0.2, 0.25) is 0 Å². The van der Waals surface area contributed by atoms with E-state index in [1.807, 2.05) is 0 Å². The van der Waals surface area contributed by atoms with Crippen molar-refractivity contribution in [2.45, 2.75) is 25.4 Å². The highest BCUT2D eigenvalue weighted by Gasteiger charge is 2.36. The van der Waals surface area contributed by atoms with Gasteiger partial charge in [0.25, 0.3) is 0 Å². The van der Waals surface area contributed by atoms with Crippen LogP contribution in [0.5, 0.6) is 0 Å². The van der Waals surface area contributed by atoms with E-state index in [2.05, 4.69) is 5.32 Å². The Balaban J connectivity index is 1.87. The number of benzene rings is 1. The molecule has 0 spiro atoms. The fourth-order valence-electron chi connectivity index (χ4n) is 1.88. The van der Waals surface area contributed by atoms with Gasteiger partial charge in [0.1, 0.15) is 5.82 Å². The van der Waals surface area contributed by atoms with Crippen molar-refractivity contribution in [3.8, 4) is 0 Å². The molecule has 0 heterocycles. The van der Waals surface area contributed by atoms with E-state index in [1.54, 1.807) is 12.1 Å². The van der Waals surface area contributed by atoms with Gasteiger partial charge in [-0.1, -0.05) is 12.1 Å². The number of rotatable bonds is 6. The van der Waals surface area contributed by atoms with Gasteiger partial charge in [-0.15, -0.1) is 0 Å². The summed E-state index contributed by atoms with van der Waals surface area (Å²) in [5.41, 5.74) is 0.761. The molecule has 0 saturated heterocycles. The summed E-state index contributed by atoms with van der Waals surface area (Å²) >= 11 is 0. The van der Waals surface area contributed by atoms with Crippen LogP contribution in [0, 0.1) is 5.82 Å². The van der Waals surface area contributed by atoms with Crippen LogP contribution in [0.25, 0.3) is 0 Å². The molecule has 1 aliphatic carbocycles. The number of amides is 1. The van der Waals surface area contributed by atoms with E-state index < -0.39 is 10.0 Å². The first kappa shape index (κ1) is 14.9. The summed E-state index contributed by atoms with van der Waals surface area (Å²) in [7, 11) is -3.36. The molecule has 0 radical (unpaired) electrons. The summed E-state index contributed by atoms with van der Waals surface area (Å²) in [5, 5.41) is 2.64. The molecule has 0 bridgehead atoms. The first-order valence-corrected chi connectivity index (χ1v) is 8.19. The van der Waals surface area contributed by atoms with Crippen molar-refractivity contribution in [2.75, 3.05) is 12.8 Å². The molecule has 1 aromatic carbocycles. The molecule has 2 rings (SSSR count). The molecule has 0 atom stereocenters. The van der Waals surface area contributed by atoms with Gasteiger partial charge in [0.05, 0.1) is 12.8 Å². The van der Waals surface area contributed by atoms with Gasteiger partial charge in [-0.3, -0.25) is 4.79 Å². The molecule has 110 valence electrons. The molecular formula is C13H17FN2O3S. The van der Waals surface area contributed by atoms with Crippen molar-refractivity contribution in [1.82, 2.24) is 9.62 Å². The van der Waals surface area contributed by atoms with E-state index in [9.17, 15) is 17.6 Å². The lowest BCUT2D eigenvalue weighted by atomic mass is 10.2. The number of nitrogens with zero attached hydrogens (tertiary/aromatic N) is 1. The highest BCUT2D eigenvalue weighted by molar-refractivity contribution is 7.88. The molecule has 1 aliphatic rings. The Morgan fingerprint density at radius 3 is 2.45 bits per heavy atom. The summed E-state index contributed by atoms with van der Waals surface area (Å²) in [6.07, 6.45) is 2.72. The Kier molecular flexibility index (Phi) is 4.39. The van der Waals surface area contributed by atoms with Crippen LogP contribution >= 0.6 is 0 Å². The smallest absolute Gasteiger partial charge is 0.235 e. The van der Waals surface area contributed by atoms with E-state index in [4.69, 9.17) is 0 Å². The monoisotopic (exact) mass is 300 g/mol. The van der Waals surface area contributed by atoms with Gasteiger partial charge in [0.15, 0.2) is 0 Å². The summed E-state index contributed by atoms with van der Waals surface area (Å²) < 4.78 is 37.1. The summed E-state index contributed by atoms with van der Waals surface area (Å²) in [5.74, 6) is -0.691. The second kappa shape index (κ2) is 5.88. The van der Waals surface area contributed by atoms with Crippen molar-refractivity contribution >= 4 is 15.9 Å². The first-order valence-electron chi connectivity index (χ1n) is 6.34. The third kappa shape index (κ3) is 4.28. The van der Waals surface area contributed by atoms with E-state index in [1.165, 1.54) is 16.4 Å². The van der Waals surface area contributed by atoms with Crippen LogP contribution in [0.4, 0.5) is 4.39 Å². The number of halogens is 1. The van der Waals surface area contributed by atoms with Gasteiger partial charge < -0.3 is 5.32 Å². The number of hydrogen-bond donors (Lipinski definition) is 1. The van der Waals surface area contributed by atoms with Crippen LogP contribution < -0.4 is 5.32 Å². The normalized spacial score (nSPS) is 15.3. The minimum atomic E-state index is -3.36. The fraction of sp³-hybridized carbons (Fsp3) is 0.462. The maximum atomic E-state index is 12.7. The molecule has 1 aromatic rings. The van der Waals surface area contributed by atoms with Crippen molar-refractivity contribution in [3.05, 3.63) is 35.6 Å². The Bertz CT molecular complexity index is 582. The SMILES string of the molecule is CS(=O)(=O)N(CC(=O)NCc1ccc(F)cc1)C1CC1. The third-order valence-corrected chi connectivity index (χ3v) is 4.36. The molecule has 0 aliphatic heterocycles. The van der Waals surface area contributed by atoms with Gasteiger partial charge in [0, 0.05) is 12.6 Å². The van der Waals surface area contributed by atoms with Crippen LogP contribution in [-0.2, 0) is 21.4 Å². The average molecular weight is 300 g/mol. The molecule has 1 amide bonds. The summed E-state index contributed by atoms with van der Waals surface area (Å²) in [6, 6.07) is 5.74. The van der Waals surface area contributed by atoms with Gasteiger partial charge >= 0.3 is 0 Å². The Labute approximate surface area is 117 Å². The maximum absolute atomic E-state index is 12.7. The lowest BCUT2D eigenvalue weighted by Gasteiger charge is -2.18. The summed E-state index contributed by atoms with van der Waals surface area (Å²) in [6.45, 7) is 0.0894. The van der Waals surface area contributed by atoms with Crippen LogP contribution in [0.15, 0.2) is 24.3 Å². The zero-order chi connectivity index (χ0) is 14.8. The summed E-state index contributed by atoms with van der Waals surface area (Å²) in [4.78, 5) is 11.8.